The largest absolute Gasteiger partial charge is 0.494 e. The third-order valence-electron chi connectivity index (χ3n) is 4.59. The van der Waals surface area contributed by atoms with Crippen molar-refractivity contribution >= 4 is 39.1 Å². The molecule has 0 aliphatic rings. The van der Waals surface area contributed by atoms with Crippen LogP contribution in [0.1, 0.15) is 16.2 Å². The topological polar surface area (TPSA) is 73.2 Å². The highest BCUT2D eigenvalue weighted by atomic mass is 32.2. The Morgan fingerprint density at radius 2 is 2.13 bits per heavy atom. The molecular weight excluding hydrogens is 425 g/mol. The number of thiophene rings is 1. The fourth-order valence-corrected chi connectivity index (χ4v) is 4.29. The van der Waals surface area contributed by atoms with Crippen molar-refractivity contribution in [3.8, 4) is 17.0 Å². The smallest absolute Gasteiger partial charge is 0.281 e. The van der Waals surface area contributed by atoms with Crippen molar-refractivity contribution in [3.63, 3.8) is 0 Å². The number of nitrogens with zero attached hydrogens (tertiary/aromatic N) is 2. The first-order valence-corrected chi connectivity index (χ1v) is 11.5. The van der Waals surface area contributed by atoms with Crippen LogP contribution in [0, 0.1) is 5.82 Å². The van der Waals surface area contributed by atoms with Crippen LogP contribution in [0.2, 0.25) is 0 Å². The summed E-state index contributed by atoms with van der Waals surface area (Å²) in [7, 11) is -0.0445. The maximum atomic E-state index is 14.4. The summed E-state index contributed by atoms with van der Waals surface area (Å²) >= 11 is 1.57. The van der Waals surface area contributed by atoms with Crippen molar-refractivity contribution in [1.29, 1.82) is 0 Å². The van der Waals surface area contributed by atoms with E-state index < -0.39 is 22.7 Å². The second kappa shape index (κ2) is 8.37. The molecule has 0 radical (unpaired) electrons. The highest BCUT2D eigenvalue weighted by molar-refractivity contribution is 7.82. The number of pyridine rings is 1. The Labute approximate surface area is 178 Å². The minimum atomic E-state index is -1.48. The quantitative estimate of drug-likeness (QED) is 0.489. The number of nitrogens with one attached hydrogen (secondary N) is 1. The van der Waals surface area contributed by atoms with Gasteiger partial charge < -0.3 is 9.30 Å². The summed E-state index contributed by atoms with van der Waals surface area (Å²) in [6.07, 6.45) is 1.38. The Bertz CT molecular complexity index is 1250. The summed E-state index contributed by atoms with van der Waals surface area (Å²) in [5, 5.41) is 4.84. The molecule has 154 valence electrons. The lowest BCUT2D eigenvalue weighted by Crippen LogP contribution is -2.25. The van der Waals surface area contributed by atoms with Crippen LogP contribution in [-0.4, -0.2) is 33.0 Å². The van der Waals surface area contributed by atoms with Crippen LogP contribution >= 0.6 is 11.3 Å². The molecule has 1 amide bonds. The number of halogens is 1. The van der Waals surface area contributed by atoms with Crippen LogP contribution in [0.4, 0.5) is 4.39 Å². The van der Waals surface area contributed by atoms with E-state index in [0.29, 0.717) is 17.8 Å². The molecule has 0 fully saturated rings. The molecule has 0 spiro atoms. The molecule has 1 N–H and O–H groups in total. The van der Waals surface area contributed by atoms with Crippen molar-refractivity contribution in [2.75, 3.05) is 13.4 Å². The maximum absolute atomic E-state index is 14.4. The zero-order chi connectivity index (χ0) is 21.3. The number of ether oxygens (including phenoxy) is 1. The zero-order valence-electron chi connectivity index (χ0n) is 16.2. The van der Waals surface area contributed by atoms with Gasteiger partial charge in [0, 0.05) is 28.7 Å². The highest BCUT2D eigenvalue weighted by Gasteiger charge is 2.16. The summed E-state index contributed by atoms with van der Waals surface area (Å²) in [6.45, 7) is 0.330. The molecule has 1 unspecified atom stereocenters. The Kier molecular flexibility index (Phi) is 5.65. The van der Waals surface area contributed by atoms with Crippen LogP contribution in [-0.2, 0) is 17.5 Å². The number of fused-ring (bicyclic) bond motifs is 1. The van der Waals surface area contributed by atoms with E-state index in [2.05, 4.69) is 9.71 Å². The number of rotatable bonds is 6. The third kappa shape index (κ3) is 3.99. The van der Waals surface area contributed by atoms with Gasteiger partial charge in [-0.15, -0.1) is 0 Å². The molecule has 0 bridgehead atoms. The fraction of sp³-hybridized carbons (Fsp3) is 0.143. The minimum Gasteiger partial charge on any atom is -0.494 e. The van der Waals surface area contributed by atoms with E-state index in [9.17, 15) is 13.4 Å². The average Bonchev–Trinajstić information content (AvgIpc) is 3.36. The minimum absolute atomic E-state index is 0.170. The van der Waals surface area contributed by atoms with Crippen LogP contribution < -0.4 is 9.46 Å². The van der Waals surface area contributed by atoms with Gasteiger partial charge >= 0.3 is 0 Å². The van der Waals surface area contributed by atoms with Crippen molar-refractivity contribution in [1.82, 2.24) is 14.3 Å². The molecule has 1 aromatic carbocycles. The Hall–Kier alpha value is -3.04. The van der Waals surface area contributed by atoms with Gasteiger partial charge in [0.25, 0.3) is 5.91 Å². The van der Waals surface area contributed by atoms with Gasteiger partial charge in [0.1, 0.15) is 16.7 Å². The second-order valence-electron chi connectivity index (χ2n) is 6.57. The third-order valence-corrected chi connectivity index (χ3v) is 5.74. The van der Waals surface area contributed by atoms with Gasteiger partial charge in [0.15, 0.2) is 11.6 Å². The van der Waals surface area contributed by atoms with Crippen LogP contribution in [0.5, 0.6) is 5.75 Å². The van der Waals surface area contributed by atoms with E-state index in [1.165, 1.54) is 19.4 Å². The van der Waals surface area contributed by atoms with Gasteiger partial charge in [-0.05, 0) is 35.7 Å². The molecule has 30 heavy (non-hydrogen) atoms. The number of methoxy groups -OCH3 is 1. The summed E-state index contributed by atoms with van der Waals surface area (Å²) < 4.78 is 35.1. The van der Waals surface area contributed by atoms with E-state index in [0.717, 1.165) is 16.6 Å². The van der Waals surface area contributed by atoms with Gasteiger partial charge in [0.2, 0.25) is 0 Å². The molecule has 9 heteroatoms. The highest BCUT2D eigenvalue weighted by Crippen LogP contribution is 2.33. The van der Waals surface area contributed by atoms with Crippen LogP contribution in [0.3, 0.4) is 0 Å². The number of hydrogen-bond acceptors (Lipinski definition) is 5. The monoisotopic (exact) mass is 443 g/mol. The second-order valence-corrected chi connectivity index (χ2v) is 8.47. The van der Waals surface area contributed by atoms with Crippen LogP contribution in [0.15, 0.2) is 53.2 Å². The van der Waals surface area contributed by atoms with Gasteiger partial charge in [0.05, 0.1) is 30.6 Å². The van der Waals surface area contributed by atoms with Crippen molar-refractivity contribution in [2.45, 2.75) is 6.54 Å². The van der Waals surface area contributed by atoms with E-state index in [1.54, 1.807) is 35.6 Å². The van der Waals surface area contributed by atoms with Crippen molar-refractivity contribution < 1.29 is 18.1 Å². The number of benzene rings is 1. The molecular formula is C21H18FN3O3S2. The van der Waals surface area contributed by atoms with E-state index in [-0.39, 0.29) is 11.4 Å². The molecule has 3 aromatic heterocycles. The average molecular weight is 444 g/mol. The summed E-state index contributed by atoms with van der Waals surface area (Å²) in [5.41, 5.74) is 3.40. The molecule has 0 aliphatic carbocycles. The van der Waals surface area contributed by atoms with Gasteiger partial charge in [-0.1, -0.05) is 6.07 Å². The molecule has 0 saturated heterocycles. The number of amides is 1. The number of hydrogen-bond donors (Lipinski definition) is 1. The van der Waals surface area contributed by atoms with Crippen LogP contribution in [0.25, 0.3) is 22.2 Å². The number of aromatic nitrogens is 2. The molecule has 1 atom stereocenters. The standard InChI is InChI=1S/C21H18FN3O3S2/c1-28-20-9-14-8-18(13-6-7-29-12-13)25(19(14)10-16(20)22)11-15-4-3-5-17(23-15)21(26)24-30(2)27/h3-10,12H,11H2,1-2H3,(H,24,26). The first kappa shape index (κ1) is 20.2. The lowest BCUT2D eigenvalue weighted by atomic mass is 10.2. The number of carbonyl (C=O) groups excluding carboxylic acids is 1. The molecule has 3 heterocycles. The summed E-state index contributed by atoms with van der Waals surface area (Å²) in [4.78, 5) is 16.6. The fourth-order valence-electron chi connectivity index (χ4n) is 3.28. The molecule has 0 aliphatic heterocycles. The van der Waals surface area contributed by atoms with Crippen molar-refractivity contribution in [3.05, 3.63) is 70.4 Å². The first-order chi connectivity index (χ1) is 14.5. The predicted octanol–water partition coefficient (Wildman–Crippen LogP) is 3.98. The van der Waals surface area contributed by atoms with Crippen molar-refractivity contribution in [2.24, 2.45) is 0 Å². The SMILES string of the molecule is COc1cc2cc(-c3ccsc3)n(Cc3cccc(C(=O)NS(C)=O)n3)c2cc1F. The Morgan fingerprint density at radius 1 is 1.30 bits per heavy atom. The maximum Gasteiger partial charge on any atom is 0.281 e. The molecule has 4 rings (SSSR count). The summed E-state index contributed by atoms with van der Waals surface area (Å²) in [6, 6.07) is 12.2. The number of carbonyl (C=O) groups is 1. The van der Waals surface area contributed by atoms with E-state index in [1.807, 2.05) is 27.5 Å². The lowest BCUT2D eigenvalue weighted by Gasteiger charge is -2.11. The Morgan fingerprint density at radius 3 is 2.83 bits per heavy atom. The normalized spacial score (nSPS) is 12.1. The molecule has 6 nitrogen and oxygen atoms in total. The zero-order valence-corrected chi connectivity index (χ0v) is 17.8. The predicted molar refractivity (Wildman–Crippen MR) is 117 cm³/mol. The van der Waals surface area contributed by atoms with Gasteiger partial charge in [-0.2, -0.15) is 11.3 Å². The first-order valence-electron chi connectivity index (χ1n) is 8.96. The molecule has 0 saturated carbocycles. The lowest BCUT2D eigenvalue weighted by molar-refractivity contribution is 0.0978. The van der Waals surface area contributed by atoms with Gasteiger partial charge in [-0.3, -0.25) is 9.52 Å². The van der Waals surface area contributed by atoms with Gasteiger partial charge in [-0.25, -0.2) is 13.6 Å². The summed E-state index contributed by atoms with van der Waals surface area (Å²) in [5.74, 6) is -0.780. The Balaban J connectivity index is 1.80. The van der Waals surface area contributed by atoms with E-state index >= 15 is 0 Å². The van der Waals surface area contributed by atoms with E-state index in [4.69, 9.17) is 4.74 Å². The molecule has 4 aromatic rings.